The van der Waals surface area contributed by atoms with E-state index in [1.807, 2.05) is 41.3 Å². The van der Waals surface area contributed by atoms with Crippen LogP contribution in [-0.4, -0.2) is 55.3 Å². The molecule has 0 aromatic heterocycles. The van der Waals surface area contributed by atoms with Gasteiger partial charge in [0.2, 0.25) is 5.91 Å². The molecule has 5 nitrogen and oxygen atoms in total. The number of benzene rings is 2. The molecule has 6 heteroatoms. The lowest BCUT2D eigenvalue weighted by molar-refractivity contribution is -0.121. The third-order valence-electron chi connectivity index (χ3n) is 5.31. The second-order valence-electron chi connectivity index (χ2n) is 7.81. The Balaban J connectivity index is 1.48. The molecule has 1 aliphatic rings. The summed E-state index contributed by atoms with van der Waals surface area (Å²) >= 11 is 3.39. The highest BCUT2D eigenvalue weighted by Crippen LogP contribution is 2.22. The van der Waals surface area contributed by atoms with Crippen molar-refractivity contribution in [2.75, 3.05) is 39.0 Å². The van der Waals surface area contributed by atoms with Crippen LogP contribution in [0, 0.1) is 5.92 Å². The number of nitrogens with one attached hydrogen (secondary N) is 1. The summed E-state index contributed by atoms with van der Waals surface area (Å²) in [6.45, 7) is 2.22. The zero-order chi connectivity index (χ0) is 20.8. The minimum absolute atomic E-state index is 0.0321. The van der Waals surface area contributed by atoms with Crippen molar-refractivity contribution < 1.29 is 9.59 Å². The van der Waals surface area contributed by atoms with Gasteiger partial charge in [-0.25, -0.2) is 0 Å². The molecular weight excluding hydrogens is 430 g/mol. The predicted molar refractivity (Wildman–Crippen MR) is 120 cm³/mol. The number of carbonyl (C=O) groups excluding carboxylic acids is 2. The van der Waals surface area contributed by atoms with E-state index in [1.165, 1.54) is 5.56 Å². The highest BCUT2D eigenvalue weighted by molar-refractivity contribution is 9.10. The van der Waals surface area contributed by atoms with E-state index in [0.29, 0.717) is 31.5 Å². The van der Waals surface area contributed by atoms with Crippen LogP contribution < -0.4 is 5.32 Å². The Morgan fingerprint density at radius 3 is 2.24 bits per heavy atom. The third kappa shape index (κ3) is 6.15. The average Bonchev–Trinajstić information content (AvgIpc) is 2.73. The number of anilines is 1. The predicted octanol–water partition coefficient (Wildman–Crippen LogP) is 4.04. The monoisotopic (exact) mass is 457 g/mol. The van der Waals surface area contributed by atoms with Crippen molar-refractivity contribution in [3.05, 3.63) is 64.1 Å². The van der Waals surface area contributed by atoms with Crippen LogP contribution in [0.1, 0.15) is 28.8 Å². The van der Waals surface area contributed by atoms with Crippen LogP contribution in [-0.2, 0) is 11.2 Å². The molecule has 154 valence electrons. The van der Waals surface area contributed by atoms with Gasteiger partial charge in [-0.15, -0.1) is 0 Å². The van der Waals surface area contributed by atoms with Crippen molar-refractivity contribution >= 4 is 33.4 Å². The molecule has 1 heterocycles. The van der Waals surface area contributed by atoms with Gasteiger partial charge in [0, 0.05) is 41.3 Å². The summed E-state index contributed by atoms with van der Waals surface area (Å²) in [6, 6.07) is 15.5. The molecule has 29 heavy (non-hydrogen) atoms. The zero-order valence-electron chi connectivity index (χ0n) is 17.0. The number of piperidine rings is 1. The van der Waals surface area contributed by atoms with Gasteiger partial charge < -0.3 is 15.1 Å². The van der Waals surface area contributed by atoms with Crippen LogP contribution in [0.25, 0.3) is 0 Å². The van der Waals surface area contributed by atoms with E-state index in [1.54, 1.807) is 0 Å². The van der Waals surface area contributed by atoms with Crippen molar-refractivity contribution in [2.24, 2.45) is 5.92 Å². The first kappa shape index (κ1) is 21.5. The van der Waals surface area contributed by atoms with Gasteiger partial charge in [0.1, 0.15) is 0 Å². The summed E-state index contributed by atoms with van der Waals surface area (Å²) in [4.78, 5) is 29.2. The first-order valence-electron chi connectivity index (χ1n) is 10.0. The molecule has 0 spiro atoms. The highest BCUT2D eigenvalue weighted by Gasteiger charge is 2.27. The molecule has 0 radical (unpaired) electrons. The lowest BCUT2D eigenvalue weighted by Crippen LogP contribution is -2.41. The average molecular weight is 458 g/mol. The first-order chi connectivity index (χ1) is 13.9. The maximum atomic E-state index is 12.6. The SMILES string of the molecule is CN(C)CCc1ccc(NC(=O)C2CCN(C(=O)c3ccc(Br)cc3)CC2)cc1. The van der Waals surface area contributed by atoms with E-state index in [0.717, 1.165) is 23.1 Å². The minimum atomic E-state index is -0.0580. The number of rotatable bonds is 6. The zero-order valence-corrected chi connectivity index (χ0v) is 18.6. The number of hydrogen-bond acceptors (Lipinski definition) is 3. The Morgan fingerprint density at radius 1 is 1.03 bits per heavy atom. The number of halogens is 1. The summed E-state index contributed by atoms with van der Waals surface area (Å²) in [7, 11) is 4.12. The molecule has 0 atom stereocenters. The van der Waals surface area contributed by atoms with E-state index in [9.17, 15) is 9.59 Å². The van der Waals surface area contributed by atoms with Crippen LogP contribution in [0.4, 0.5) is 5.69 Å². The fourth-order valence-electron chi connectivity index (χ4n) is 3.47. The van der Waals surface area contributed by atoms with E-state index >= 15 is 0 Å². The van der Waals surface area contributed by atoms with Gasteiger partial charge in [-0.05, 0) is 75.3 Å². The van der Waals surface area contributed by atoms with Gasteiger partial charge in [0.05, 0.1) is 0 Å². The summed E-state index contributed by atoms with van der Waals surface area (Å²) in [5, 5.41) is 3.03. The fourth-order valence-corrected chi connectivity index (χ4v) is 3.74. The molecule has 2 amide bonds. The Labute approximate surface area is 181 Å². The first-order valence-corrected chi connectivity index (χ1v) is 10.8. The normalized spacial score (nSPS) is 14.8. The van der Waals surface area contributed by atoms with Crippen molar-refractivity contribution in [1.29, 1.82) is 0 Å². The van der Waals surface area contributed by atoms with Gasteiger partial charge in [0.25, 0.3) is 5.91 Å². The van der Waals surface area contributed by atoms with Gasteiger partial charge in [-0.1, -0.05) is 28.1 Å². The molecule has 0 saturated carbocycles. The second kappa shape index (κ2) is 10.0. The lowest BCUT2D eigenvalue weighted by atomic mass is 9.95. The van der Waals surface area contributed by atoms with Crippen LogP contribution in [0.3, 0.4) is 0 Å². The summed E-state index contributed by atoms with van der Waals surface area (Å²) in [6.07, 6.45) is 2.37. The van der Waals surface area contributed by atoms with Crippen molar-refractivity contribution in [3.8, 4) is 0 Å². The maximum absolute atomic E-state index is 12.6. The van der Waals surface area contributed by atoms with Crippen molar-refractivity contribution in [2.45, 2.75) is 19.3 Å². The Kier molecular flexibility index (Phi) is 7.45. The molecule has 0 bridgehead atoms. The van der Waals surface area contributed by atoms with Crippen LogP contribution in [0.15, 0.2) is 53.0 Å². The standard InChI is InChI=1S/C23H28BrN3O2/c1-26(2)14-11-17-3-9-21(10-4-17)25-22(28)18-12-15-27(16-13-18)23(29)19-5-7-20(24)8-6-19/h3-10,18H,11-16H2,1-2H3,(H,25,28). The van der Waals surface area contributed by atoms with Crippen molar-refractivity contribution in [1.82, 2.24) is 9.80 Å². The number of nitrogens with zero attached hydrogens (tertiary/aromatic N) is 2. The number of carbonyl (C=O) groups is 2. The minimum Gasteiger partial charge on any atom is -0.339 e. The van der Waals surface area contributed by atoms with Gasteiger partial charge in [0.15, 0.2) is 0 Å². The molecule has 2 aromatic rings. The van der Waals surface area contributed by atoms with Gasteiger partial charge in [-0.2, -0.15) is 0 Å². The van der Waals surface area contributed by atoms with Crippen LogP contribution in [0.2, 0.25) is 0 Å². The Morgan fingerprint density at radius 2 is 1.66 bits per heavy atom. The van der Waals surface area contributed by atoms with E-state index in [2.05, 4.69) is 52.4 Å². The number of likely N-dealkylation sites (N-methyl/N-ethyl adjacent to an activating group) is 1. The second-order valence-corrected chi connectivity index (χ2v) is 8.73. The number of likely N-dealkylation sites (tertiary alicyclic amines) is 1. The molecule has 2 aromatic carbocycles. The van der Waals surface area contributed by atoms with Gasteiger partial charge in [-0.3, -0.25) is 9.59 Å². The summed E-state index contributed by atoms with van der Waals surface area (Å²) in [5.74, 6) is 0.0174. The van der Waals surface area contributed by atoms with E-state index < -0.39 is 0 Å². The quantitative estimate of drug-likeness (QED) is 0.711. The Hall–Kier alpha value is -2.18. The summed E-state index contributed by atoms with van der Waals surface area (Å²) in [5.41, 5.74) is 2.78. The molecule has 1 fully saturated rings. The smallest absolute Gasteiger partial charge is 0.253 e. The van der Waals surface area contributed by atoms with E-state index in [-0.39, 0.29) is 17.7 Å². The van der Waals surface area contributed by atoms with Gasteiger partial charge >= 0.3 is 0 Å². The van der Waals surface area contributed by atoms with Crippen molar-refractivity contribution in [3.63, 3.8) is 0 Å². The molecule has 0 unspecified atom stereocenters. The molecule has 0 aliphatic carbocycles. The Bertz CT molecular complexity index is 826. The van der Waals surface area contributed by atoms with E-state index in [4.69, 9.17) is 0 Å². The molecular formula is C23H28BrN3O2. The molecule has 3 rings (SSSR count). The third-order valence-corrected chi connectivity index (χ3v) is 5.84. The molecule has 1 aliphatic heterocycles. The number of amides is 2. The highest BCUT2D eigenvalue weighted by atomic mass is 79.9. The fraction of sp³-hybridized carbons (Fsp3) is 0.391. The maximum Gasteiger partial charge on any atom is 0.253 e. The lowest BCUT2D eigenvalue weighted by Gasteiger charge is -2.31. The van der Waals surface area contributed by atoms with Crippen LogP contribution >= 0.6 is 15.9 Å². The largest absolute Gasteiger partial charge is 0.339 e. The summed E-state index contributed by atoms with van der Waals surface area (Å²) < 4.78 is 0.954. The topological polar surface area (TPSA) is 52.7 Å². The van der Waals surface area contributed by atoms with Crippen LogP contribution in [0.5, 0.6) is 0 Å². The molecule has 1 N–H and O–H groups in total. The number of hydrogen-bond donors (Lipinski definition) is 1. The molecule has 1 saturated heterocycles.